The van der Waals surface area contributed by atoms with Gasteiger partial charge in [-0.25, -0.2) is 0 Å². The van der Waals surface area contributed by atoms with Crippen molar-refractivity contribution in [2.45, 2.75) is 44.9 Å². The third-order valence-electron chi connectivity index (χ3n) is 17.7. The first kappa shape index (κ1) is 46.2. The van der Waals surface area contributed by atoms with Crippen LogP contribution in [0.3, 0.4) is 0 Å². The lowest BCUT2D eigenvalue weighted by atomic mass is 9.80. The lowest BCUT2D eigenvalue weighted by Gasteiger charge is -2.23. The molecule has 0 radical (unpaired) electrons. The number of nitrogens with zero attached hydrogens (tertiary/aromatic N) is 1. The Balaban J connectivity index is 0.000000111. The summed E-state index contributed by atoms with van der Waals surface area (Å²) < 4.78 is 15.3. The maximum atomic E-state index is 6.15. The van der Waals surface area contributed by atoms with Gasteiger partial charge in [0.1, 0.15) is 22.3 Å². The van der Waals surface area contributed by atoms with Crippen LogP contribution in [0, 0.1) is 0 Å². The lowest BCUT2D eigenvalue weighted by molar-refractivity contribution is 0.666. The van der Waals surface area contributed by atoms with Crippen LogP contribution >= 0.6 is 15.9 Å². The van der Waals surface area contributed by atoms with E-state index < -0.39 is 0 Å². The van der Waals surface area contributed by atoms with Gasteiger partial charge in [-0.15, -0.1) is 0 Å². The summed E-state index contributed by atoms with van der Waals surface area (Å²) in [5, 5.41) is 12.6. The van der Waals surface area contributed by atoms with Crippen molar-refractivity contribution in [1.29, 1.82) is 0 Å². The minimum Gasteiger partial charge on any atom is -0.456 e. The molecule has 79 heavy (non-hydrogen) atoms. The van der Waals surface area contributed by atoms with Crippen molar-refractivity contribution >= 4 is 103 Å². The van der Waals surface area contributed by atoms with Crippen LogP contribution in [0.5, 0.6) is 0 Å². The number of rotatable bonds is 1. The molecule has 0 N–H and O–H groups in total. The maximum Gasteiger partial charge on any atom is 0.135 e. The molecule has 3 nitrogen and oxygen atoms in total. The molecule has 3 heterocycles. The van der Waals surface area contributed by atoms with Gasteiger partial charge in [-0.3, -0.25) is 0 Å². The summed E-state index contributed by atoms with van der Waals surface area (Å²) in [6, 6.07) is 83.4. The van der Waals surface area contributed by atoms with Crippen LogP contribution < -0.4 is 0 Å². The van der Waals surface area contributed by atoms with Crippen molar-refractivity contribution in [3.05, 3.63) is 268 Å². The fourth-order valence-corrected chi connectivity index (χ4v) is 14.5. The molecule has 4 heteroatoms. The van der Waals surface area contributed by atoms with Crippen LogP contribution in [0.25, 0.3) is 126 Å². The first-order valence-electron chi connectivity index (χ1n) is 27.5. The van der Waals surface area contributed by atoms with E-state index in [9.17, 15) is 0 Å². The van der Waals surface area contributed by atoms with Gasteiger partial charge in [0.2, 0.25) is 0 Å². The molecule has 3 aliphatic carbocycles. The first-order valence-corrected chi connectivity index (χ1v) is 28.2. The Morgan fingerprint density at radius 2 is 0.861 bits per heavy atom. The number of hydrogen-bond donors (Lipinski definition) is 0. The molecule has 0 bridgehead atoms. The third-order valence-corrected chi connectivity index (χ3v) is 18.2. The third kappa shape index (κ3) is 6.84. The molecule has 3 aliphatic rings. The molecule has 3 aromatic heterocycles. The van der Waals surface area contributed by atoms with E-state index in [-0.39, 0.29) is 10.8 Å². The number of benzene rings is 12. The molecule has 0 aliphatic heterocycles. The standard InChI is InChI=1S/C37H25NO.C26H20.C12H7BrO/c1-37(2)31-12-6-3-9-24(31)27-17-15-22-19-29-25-10-4-7-13-32(25)38(33(29)21-28(22)36(27)37)23-16-18-35-30(20-23)26-11-5-8-14-34(26)39-35;1-26(2)24-10-6-5-9-20(24)21-12-11-17-14-22-18(15-23(17)25(21)26)13-16-7-3-4-8-19(16)22;13-8-5-6-12-10(7-8)9-3-1-2-4-11(9)14-12/h3-21H,1-2H3;3-12,14-15H,13H2,1-2H3;1-7H. The van der Waals surface area contributed by atoms with E-state index in [1.807, 2.05) is 42.5 Å². The Morgan fingerprint density at radius 1 is 0.342 bits per heavy atom. The highest BCUT2D eigenvalue weighted by Crippen LogP contribution is 2.54. The van der Waals surface area contributed by atoms with Crippen molar-refractivity contribution in [3.8, 4) is 39.1 Å². The summed E-state index contributed by atoms with van der Waals surface area (Å²) in [5.74, 6) is 0. The summed E-state index contributed by atoms with van der Waals surface area (Å²) >= 11 is 3.46. The topological polar surface area (TPSA) is 31.2 Å². The molecule has 376 valence electrons. The smallest absolute Gasteiger partial charge is 0.135 e. The molecule has 18 rings (SSSR count). The van der Waals surface area contributed by atoms with E-state index >= 15 is 0 Å². The average Bonchev–Trinajstić information content (AvgIpc) is 4.39. The van der Waals surface area contributed by atoms with E-state index in [4.69, 9.17) is 8.83 Å². The molecule has 0 atom stereocenters. The number of fused-ring (bicyclic) bond motifs is 22. The van der Waals surface area contributed by atoms with E-state index in [2.05, 4.69) is 236 Å². The van der Waals surface area contributed by atoms with Gasteiger partial charge in [-0.2, -0.15) is 0 Å². The number of halogens is 1. The van der Waals surface area contributed by atoms with Crippen LogP contribution in [0.1, 0.15) is 61.1 Å². The van der Waals surface area contributed by atoms with Crippen LogP contribution in [0.4, 0.5) is 0 Å². The lowest BCUT2D eigenvalue weighted by Crippen LogP contribution is -2.15. The number of para-hydroxylation sites is 3. The first-order chi connectivity index (χ1) is 38.6. The van der Waals surface area contributed by atoms with Gasteiger partial charge in [-0.05, 0) is 174 Å². The summed E-state index contributed by atoms with van der Waals surface area (Å²) in [4.78, 5) is 0. The molecule has 0 unspecified atom stereocenters. The Labute approximate surface area is 466 Å². The summed E-state index contributed by atoms with van der Waals surface area (Å²) in [6.45, 7) is 9.49. The highest BCUT2D eigenvalue weighted by atomic mass is 79.9. The Kier molecular flexibility index (Phi) is 9.95. The molecule has 0 spiro atoms. The van der Waals surface area contributed by atoms with Gasteiger partial charge in [0, 0.05) is 53.3 Å². The highest BCUT2D eigenvalue weighted by molar-refractivity contribution is 9.10. The van der Waals surface area contributed by atoms with Gasteiger partial charge in [0.05, 0.1) is 11.0 Å². The minimum absolute atomic E-state index is 0.0468. The zero-order chi connectivity index (χ0) is 52.9. The van der Waals surface area contributed by atoms with Crippen molar-refractivity contribution in [2.24, 2.45) is 0 Å². The molecule has 0 amide bonds. The number of aromatic nitrogens is 1. The van der Waals surface area contributed by atoms with Crippen molar-refractivity contribution in [2.75, 3.05) is 0 Å². The summed E-state index contributed by atoms with van der Waals surface area (Å²) in [6.07, 6.45) is 1.05. The fraction of sp³-hybridized carbons (Fsp3) is 0.0933. The quantitative estimate of drug-likeness (QED) is 0.164. The largest absolute Gasteiger partial charge is 0.456 e. The van der Waals surface area contributed by atoms with E-state index in [1.165, 1.54) is 115 Å². The second-order valence-electron chi connectivity index (χ2n) is 22.8. The van der Waals surface area contributed by atoms with Gasteiger partial charge >= 0.3 is 0 Å². The second-order valence-corrected chi connectivity index (χ2v) is 23.8. The van der Waals surface area contributed by atoms with Crippen LogP contribution in [0.2, 0.25) is 0 Å². The SMILES string of the molecule is Brc1ccc2oc3ccccc3c2c1.CC1(C)c2ccccc2-c2ccc3cc4c(cc3c21)Cc1ccccc1-4.CC1(C)c2ccccc2-c2ccc3cc4c5ccccc5n(-c5ccc6oc7ccccc7c6c5)c4cc3c21. The normalized spacial score (nSPS) is 14.0. The fourth-order valence-electron chi connectivity index (χ4n) is 14.2. The van der Waals surface area contributed by atoms with Crippen molar-refractivity contribution in [1.82, 2.24) is 4.57 Å². The van der Waals surface area contributed by atoms with Crippen molar-refractivity contribution in [3.63, 3.8) is 0 Å². The van der Waals surface area contributed by atoms with E-state index in [0.717, 1.165) is 55.1 Å². The highest BCUT2D eigenvalue weighted by Gasteiger charge is 2.38. The number of furan rings is 2. The predicted octanol–water partition coefficient (Wildman–Crippen LogP) is 21.2. The van der Waals surface area contributed by atoms with Crippen molar-refractivity contribution < 1.29 is 8.83 Å². The molecule has 15 aromatic rings. The van der Waals surface area contributed by atoms with Gasteiger partial charge in [0.15, 0.2) is 0 Å². The van der Waals surface area contributed by atoms with Gasteiger partial charge < -0.3 is 13.4 Å². The average molecular weight is 1080 g/mol. The predicted molar refractivity (Wildman–Crippen MR) is 334 cm³/mol. The minimum atomic E-state index is -0.0649. The Morgan fingerprint density at radius 3 is 1.53 bits per heavy atom. The van der Waals surface area contributed by atoms with Crippen LogP contribution in [-0.2, 0) is 17.3 Å². The maximum absolute atomic E-state index is 6.15. The van der Waals surface area contributed by atoms with E-state index in [0.29, 0.717) is 0 Å². The Bertz CT molecular complexity index is 5080. The zero-order valence-electron chi connectivity index (χ0n) is 44.3. The molecule has 12 aromatic carbocycles. The molecular formula is C75H52BrNO2. The van der Waals surface area contributed by atoms with Gasteiger partial charge in [-0.1, -0.05) is 195 Å². The van der Waals surface area contributed by atoms with Crippen LogP contribution in [0.15, 0.2) is 244 Å². The summed E-state index contributed by atoms with van der Waals surface area (Å²) in [7, 11) is 0. The zero-order valence-corrected chi connectivity index (χ0v) is 45.9. The second kappa shape index (κ2) is 17.0. The number of hydrogen-bond acceptors (Lipinski definition) is 2. The van der Waals surface area contributed by atoms with Crippen LogP contribution in [-0.4, -0.2) is 4.57 Å². The molecule has 0 saturated heterocycles. The Hall–Kier alpha value is -8.96. The van der Waals surface area contributed by atoms with Gasteiger partial charge in [0.25, 0.3) is 0 Å². The monoisotopic (exact) mass is 1080 g/mol. The summed E-state index contributed by atoms with van der Waals surface area (Å²) in [5.41, 5.74) is 24.4. The molecule has 0 saturated carbocycles. The molecular weight excluding hydrogens is 1030 g/mol. The molecule has 0 fully saturated rings. The van der Waals surface area contributed by atoms with E-state index in [1.54, 1.807) is 0 Å².